The number of hydrogen-bond donors (Lipinski definition) is 4. The van der Waals surface area contributed by atoms with Crippen molar-refractivity contribution < 1.29 is 25.2 Å². The van der Waals surface area contributed by atoms with Crippen LogP contribution in [0.25, 0.3) is 0 Å². The Morgan fingerprint density at radius 1 is 1.46 bits per heavy atom. The van der Waals surface area contributed by atoms with Crippen molar-refractivity contribution in [3.05, 3.63) is 0 Å². The van der Waals surface area contributed by atoms with Crippen molar-refractivity contribution in [3.63, 3.8) is 0 Å². The Morgan fingerprint density at radius 3 is 2.54 bits per heavy atom. The van der Waals surface area contributed by atoms with Crippen molar-refractivity contribution in [3.8, 4) is 0 Å². The maximum Gasteiger partial charge on any atom is 0.116 e. The SMILES string of the molecule is CO[C@@H]1[C@H](O)CC[C@](O)(CO)[C@H]1O. The van der Waals surface area contributed by atoms with Gasteiger partial charge in [0.05, 0.1) is 12.7 Å². The highest BCUT2D eigenvalue weighted by Crippen LogP contribution is 2.30. The highest BCUT2D eigenvalue weighted by molar-refractivity contribution is 4.98. The van der Waals surface area contributed by atoms with E-state index < -0.39 is 30.5 Å². The largest absolute Gasteiger partial charge is 0.393 e. The zero-order chi connectivity index (χ0) is 10.1. The second-order valence-electron chi connectivity index (χ2n) is 3.51. The molecule has 0 amide bonds. The molecular weight excluding hydrogens is 176 g/mol. The predicted octanol–water partition coefficient (Wildman–Crippen LogP) is -1.76. The Labute approximate surface area is 76.6 Å². The molecule has 1 rings (SSSR count). The summed E-state index contributed by atoms with van der Waals surface area (Å²) in [5.74, 6) is 0. The molecule has 0 saturated heterocycles. The first kappa shape index (κ1) is 10.9. The summed E-state index contributed by atoms with van der Waals surface area (Å²) in [6, 6.07) is 0. The average molecular weight is 192 g/mol. The summed E-state index contributed by atoms with van der Waals surface area (Å²) in [7, 11) is 1.35. The Hall–Kier alpha value is -0.200. The second kappa shape index (κ2) is 3.89. The lowest BCUT2D eigenvalue weighted by Gasteiger charge is -2.42. The molecule has 0 aromatic carbocycles. The number of aliphatic hydroxyl groups is 4. The Balaban J connectivity index is 2.74. The Kier molecular flexibility index (Phi) is 3.26. The molecule has 5 heteroatoms. The highest BCUT2D eigenvalue weighted by atomic mass is 16.5. The van der Waals surface area contributed by atoms with E-state index in [1.165, 1.54) is 7.11 Å². The molecule has 13 heavy (non-hydrogen) atoms. The number of methoxy groups -OCH3 is 1. The van der Waals surface area contributed by atoms with Crippen molar-refractivity contribution in [2.45, 2.75) is 36.8 Å². The van der Waals surface area contributed by atoms with Gasteiger partial charge in [-0.25, -0.2) is 0 Å². The van der Waals surface area contributed by atoms with E-state index in [2.05, 4.69) is 0 Å². The standard InChI is InChI=1S/C8H16O5/c1-13-6-5(10)2-3-8(12,4-9)7(6)11/h5-7,9-12H,2-4H2,1H3/t5-,6-,7+,8+/m1/s1. The summed E-state index contributed by atoms with van der Waals surface area (Å²) < 4.78 is 4.84. The van der Waals surface area contributed by atoms with E-state index in [1.54, 1.807) is 0 Å². The van der Waals surface area contributed by atoms with E-state index in [4.69, 9.17) is 9.84 Å². The van der Waals surface area contributed by atoms with Crippen molar-refractivity contribution in [2.75, 3.05) is 13.7 Å². The third-order valence-electron chi connectivity index (χ3n) is 2.66. The van der Waals surface area contributed by atoms with Crippen LogP contribution in [0.15, 0.2) is 0 Å². The van der Waals surface area contributed by atoms with Crippen molar-refractivity contribution in [2.24, 2.45) is 0 Å². The predicted molar refractivity (Wildman–Crippen MR) is 44.1 cm³/mol. The molecular formula is C8H16O5. The van der Waals surface area contributed by atoms with Gasteiger partial charge in [-0.05, 0) is 12.8 Å². The van der Waals surface area contributed by atoms with Crippen LogP contribution in [-0.4, -0.2) is 58.1 Å². The van der Waals surface area contributed by atoms with Crippen LogP contribution < -0.4 is 0 Å². The maximum absolute atomic E-state index is 9.68. The molecule has 4 atom stereocenters. The van der Waals surface area contributed by atoms with Gasteiger partial charge in [-0.1, -0.05) is 0 Å². The topological polar surface area (TPSA) is 90.2 Å². The molecule has 0 heterocycles. The Morgan fingerprint density at radius 2 is 2.08 bits per heavy atom. The molecule has 0 aromatic rings. The summed E-state index contributed by atoms with van der Waals surface area (Å²) in [6.07, 6.45) is -2.37. The third-order valence-corrected chi connectivity index (χ3v) is 2.66. The molecule has 0 spiro atoms. The minimum atomic E-state index is -1.54. The quantitative estimate of drug-likeness (QED) is 0.416. The van der Waals surface area contributed by atoms with Crippen molar-refractivity contribution >= 4 is 0 Å². The molecule has 1 aliphatic carbocycles. The minimum Gasteiger partial charge on any atom is -0.393 e. The van der Waals surface area contributed by atoms with Gasteiger partial charge in [-0.15, -0.1) is 0 Å². The van der Waals surface area contributed by atoms with E-state index in [0.717, 1.165) is 0 Å². The number of hydrogen-bond acceptors (Lipinski definition) is 5. The van der Waals surface area contributed by atoms with E-state index in [1.807, 2.05) is 0 Å². The van der Waals surface area contributed by atoms with Crippen molar-refractivity contribution in [1.82, 2.24) is 0 Å². The van der Waals surface area contributed by atoms with Crippen LogP contribution in [0.3, 0.4) is 0 Å². The summed E-state index contributed by atoms with van der Waals surface area (Å²) in [5.41, 5.74) is -1.54. The van der Waals surface area contributed by atoms with Crippen LogP contribution in [0.4, 0.5) is 0 Å². The third kappa shape index (κ3) is 1.84. The molecule has 0 radical (unpaired) electrons. The fraction of sp³-hybridized carbons (Fsp3) is 1.00. The molecule has 1 aliphatic rings. The summed E-state index contributed by atoms with van der Waals surface area (Å²) >= 11 is 0. The van der Waals surface area contributed by atoms with E-state index in [0.29, 0.717) is 6.42 Å². The molecule has 1 saturated carbocycles. The molecule has 0 unspecified atom stereocenters. The summed E-state index contributed by atoms with van der Waals surface area (Å²) in [6.45, 7) is -0.527. The monoisotopic (exact) mass is 192 g/mol. The fourth-order valence-electron chi connectivity index (χ4n) is 1.68. The molecule has 0 aromatic heterocycles. The molecule has 5 nitrogen and oxygen atoms in total. The van der Waals surface area contributed by atoms with Crippen LogP contribution in [0.2, 0.25) is 0 Å². The van der Waals surface area contributed by atoms with Crippen LogP contribution in [0.5, 0.6) is 0 Å². The van der Waals surface area contributed by atoms with Gasteiger partial charge in [0.2, 0.25) is 0 Å². The number of rotatable bonds is 2. The first-order valence-electron chi connectivity index (χ1n) is 4.27. The molecule has 0 aliphatic heterocycles. The Bertz CT molecular complexity index is 174. The van der Waals surface area contributed by atoms with Gasteiger partial charge >= 0.3 is 0 Å². The molecule has 1 fully saturated rings. The lowest BCUT2D eigenvalue weighted by atomic mass is 9.79. The summed E-state index contributed by atoms with van der Waals surface area (Å²) in [4.78, 5) is 0. The van der Waals surface area contributed by atoms with Crippen molar-refractivity contribution in [1.29, 1.82) is 0 Å². The molecule has 4 N–H and O–H groups in total. The first-order valence-corrected chi connectivity index (χ1v) is 4.27. The van der Waals surface area contributed by atoms with Gasteiger partial charge in [0.1, 0.15) is 17.8 Å². The maximum atomic E-state index is 9.68. The highest BCUT2D eigenvalue weighted by Gasteiger charge is 2.47. The lowest BCUT2D eigenvalue weighted by molar-refractivity contribution is -0.205. The van der Waals surface area contributed by atoms with Crippen LogP contribution in [0.1, 0.15) is 12.8 Å². The smallest absolute Gasteiger partial charge is 0.116 e. The van der Waals surface area contributed by atoms with Gasteiger partial charge in [0.15, 0.2) is 0 Å². The van der Waals surface area contributed by atoms with Gasteiger partial charge in [-0.2, -0.15) is 0 Å². The minimum absolute atomic E-state index is 0.172. The average Bonchev–Trinajstić information content (AvgIpc) is 2.13. The number of ether oxygens (including phenoxy) is 1. The number of aliphatic hydroxyl groups excluding tert-OH is 3. The second-order valence-corrected chi connectivity index (χ2v) is 3.51. The van der Waals surface area contributed by atoms with Crippen LogP contribution in [-0.2, 0) is 4.74 Å². The zero-order valence-electron chi connectivity index (χ0n) is 7.55. The normalized spacial score (nSPS) is 46.4. The first-order chi connectivity index (χ1) is 6.05. The van der Waals surface area contributed by atoms with Gasteiger partial charge in [0, 0.05) is 7.11 Å². The van der Waals surface area contributed by atoms with Gasteiger partial charge < -0.3 is 25.2 Å². The van der Waals surface area contributed by atoms with Gasteiger partial charge in [-0.3, -0.25) is 0 Å². The molecule has 0 bridgehead atoms. The molecule has 78 valence electrons. The zero-order valence-corrected chi connectivity index (χ0v) is 7.55. The fourth-order valence-corrected chi connectivity index (χ4v) is 1.68. The lowest BCUT2D eigenvalue weighted by Crippen LogP contribution is -2.59. The summed E-state index contributed by atoms with van der Waals surface area (Å²) in [5, 5.41) is 37.5. The van der Waals surface area contributed by atoms with E-state index in [9.17, 15) is 15.3 Å². The van der Waals surface area contributed by atoms with Crippen LogP contribution >= 0.6 is 0 Å². The van der Waals surface area contributed by atoms with E-state index in [-0.39, 0.29) is 6.42 Å². The van der Waals surface area contributed by atoms with Gasteiger partial charge in [0.25, 0.3) is 0 Å². The van der Waals surface area contributed by atoms with Crippen LogP contribution in [0, 0.1) is 0 Å². The van der Waals surface area contributed by atoms with E-state index >= 15 is 0 Å².